The highest BCUT2D eigenvalue weighted by Gasteiger charge is 2.23. The van der Waals surface area contributed by atoms with Crippen LogP contribution in [0.1, 0.15) is 40.8 Å². The molecule has 3 N–H and O–H groups in total. The third-order valence-electron chi connectivity index (χ3n) is 6.76. The van der Waals surface area contributed by atoms with Crippen LogP contribution >= 0.6 is 0 Å². The molecule has 36 heavy (non-hydrogen) atoms. The monoisotopic (exact) mass is 472 g/mol. The zero-order valence-corrected chi connectivity index (χ0v) is 20.3. The van der Waals surface area contributed by atoms with E-state index in [4.69, 9.17) is 0 Å². The van der Waals surface area contributed by atoms with E-state index < -0.39 is 0 Å². The highest BCUT2D eigenvalue weighted by molar-refractivity contribution is 5.88. The van der Waals surface area contributed by atoms with Crippen LogP contribution < -0.4 is 10.6 Å². The second-order valence-corrected chi connectivity index (χ2v) is 9.20. The first kappa shape index (κ1) is 23.8. The topological polar surface area (TPSA) is 44.3 Å². The highest BCUT2D eigenvalue weighted by atomic mass is 16.3. The minimum Gasteiger partial charge on any atom is -0.508 e. The quantitative estimate of drug-likeness (QED) is 0.200. The Morgan fingerprint density at radius 3 is 1.69 bits per heavy atom. The Balaban J connectivity index is 1.50. The Morgan fingerprint density at radius 2 is 1.06 bits per heavy atom. The molecule has 0 aliphatic heterocycles. The number of fused-ring (bicyclic) bond motifs is 1. The number of phenols is 1. The summed E-state index contributed by atoms with van der Waals surface area (Å²) in [4.78, 5) is 0. The van der Waals surface area contributed by atoms with Crippen LogP contribution in [0.15, 0.2) is 127 Å². The van der Waals surface area contributed by atoms with Crippen LogP contribution in [0.2, 0.25) is 0 Å². The van der Waals surface area contributed by atoms with E-state index in [1.165, 1.54) is 16.7 Å². The molecule has 0 heterocycles. The van der Waals surface area contributed by atoms with Crippen molar-refractivity contribution in [2.24, 2.45) is 0 Å². The van der Waals surface area contributed by atoms with Crippen LogP contribution in [0.5, 0.6) is 5.75 Å². The van der Waals surface area contributed by atoms with Gasteiger partial charge in [0.2, 0.25) is 0 Å². The minimum atomic E-state index is -0.0650. The number of aromatic hydroxyl groups is 1. The van der Waals surface area contributed by atoms with Gasteiger partial charge in [-0.25, -0.2) is 0 Å². The summed E-state index contributed by atoms with van der Waals surface area (Å²) in [7, 11) is 0. The zero-order valence-electron chi connectivity index (χ0n) is 20.3. The lowest BCUT2D eigenvalue weighted by atomic mass is 9.90. The van der Waals surface area contributed by atoms with Crippen molar-refractivity contribution in [1.82, 2.24) is 10.6 Å². The molecule has 5 aromatic rings. The SMILES string of the molecule is Oc1ccc2ccccc2c1[C@H](C[C@H](NCc1ccccc1)c1ccccc1)NCc1ccccc1. The Labute approximate surface area is 213 Å². The summed E-state index contributed by atoms with van der Waals surface area (Å²) >= 11 is 0. The van der Waals surface area contributed by atoms with E-state index in [0.717, 1.165) is 29.3 Å². The van der Waals surface area contributed by atoms with Crippen molar-refractivity contribution < 1.29 is 5.11 Å². The van der Waals surface area contributed by atoms with Gasteiger partial charge in [0.15, 0.2) is 0 Å². The fourth-order valence-electron chi connectivity index (χ4n) is 4.89. The molecule has 0 amide bonds. The molecule has 0 bridgehead atoms. The molecule has 0 aliphatic carbocycles. The van der Waals surface area contributed by atoms with Crippen molar-refractivity contribution in [2.45, 2.75) is 31.6 Å². The van der Waals surface area contributed by atoms with Gasteiger partial charge in [0.25, 0.3) is 0 Å². The lowest BCUT2D eigenvalue weighted by Gasteiger charge is -2.28. The molecule has 5 aromatic carbocycles. The number of benzene rings is 5. The molecule has 5 rings (SSSR count). The highest BCUT2D eigenvalue weighted by Crippen LogP contribution is 2.37. The van der Waals surface area contributed by atoms with E-state index in [2.05, 4.69) is 102 Å². The normalized spacial score (nSPS) is 12.9. The van der Waals surface area contributed by atoms with Gasteiger partial charge >= 0.3 is 0 Å². The molecule has 0 unspecified atom stereocenters. The summed E-state index contributed by atoms with van der Waals surface area (Å²) in [6, 6.07) is 43.7. The van der Waals surface area contributed by atoms with Gasteiger partial charge in [0.1, 0.15) is 5.75 Å². The lowest BCUT2D eigenvalue weighted by molar-refractivity contribution is 0.389. The fourth-order valence-corrected chi connectivity index (χ4v) is 4.89. The summed E-state index contributed by atoms with van der Waals surface area (Å²) < 4.78 is 0. The summed E-state index contributed by atoms with van der Waals surface area (Å²) in [5, 5.41) is 20.9. The maximum atomic E-state index is 11.1. The molecule has 0 saturated heterocycles. The van der Waals surface area contributed by atoms with Crippen molar-refractivity contribution in [2.75, 3.05) is 0 Å². The van der Waals surface area contributed by atoms with Crippen molar-refractivity contribution in [3.63, 3.8) is 0 Å². The van der Waals surface area contributed by atoms with Gasteiger partial charge in [-0.1, -0.05) is 121 Å². The Bertz CT molecular complexity index is 1370. The number of hydrogen-bond acceptors (Lipinski definition) is 3. The summed E-state index contributed by atoms with van der Waals surface area (Å²) in [6.45, 7) is 1.49. The van der Waals surface area contributed by atoms with Gasteiger partial charge < -0.3 is 15.7 Å². The average molecular weight is 473 g/mol. The van der Waals surface area contributed by atoms with Crippen molar-refractivity contribution in [1.29, 1.82) is 0 Å². The summed E-state index contributed by atoms with van der Waals surface area (Å²) in [5.74, 6) is 0.328. The molecule has 2 atom stereocenters. The van der Waals surface area contributed by atoms with E-state index in [-0.39, 0.29) is 12.1 Å². The predicted octanol–water partition coefficient (Wildman–Crippen LogP) is 7.30. The molecule has 0 radical (unpaired) electrons. The van der Waals surface area contributed by atoms with Crippen molar-refractivity contribution in [3.8, 4) is 5.75 Å². The molecule has 180 valence electrons. The standard InChI is InChI=1S/C33H32N2O/c36-32-21-20-27-16-10-11-19-29(27)33(32)31(35-24-26-14-6-2-7-15-26)22-30(28-17-8-3-9-18-28)34-23-25-12-4-1-5-13-25/h1-21,30-31,34-36H,22-24H2/t30-,31-/m0/s1. The second kappa shape index (κ2) is 11.7. The summed E-state index contributed by atoms with van der Waals surface area (Å²) in [6.07, 6.45) is 0.783. The molecular weight excluding hydrogens is 440 g/mol. The minimum absolute atomic E-state index is 0.0650. The molecule has 0 saturated carbocycles. The van der Waals surface area contributed by atoms with Crippen LogP contribution in [0.3, 0.4) is 0 Å². The average Bonchev–Trinajstić information content (AvgIpc) is 2.94. The molecule has 0 spiro atoms. The molecule has 0 fully saturated rings. The second-order valence-electron chi connectivity index (χ2n) is 9.20. The van der Waals surface area contributed by atoms with E-state index in [1.807, 2.05) is 36.4 Å². The Hall–Kier alpha value is -3.92. The Morgan fingerprint density at radius 1 is 0.528 bits per heavy atom. The zero-order chi connectivity index (χ0) is 24.6. The molecule has 0 aliphatic rings. The third-order valence-corrected chi connectivity index (χ3v) is 6.76. The van der Waals surface area contributed by atoms with Crippen LogP contribution in [-0.4, -0.2) is 5.11 Å². The molecule has 3 nitrogen and oxygen atoms in total. The van der Waals surface area contributed by atoms with Gasteiger partial charge in [-0.2, -0.15) is 0 Å². The maximum Gasteiger partial charge on any atom is 0.120 e. The van der Waals surface area contributed by atoms with Crippen molar-refractivity contribution in [3.05, 3.63) is 150 Å². The van der Waals surface area contributed by atoms with E-state index in [0.29, 0.717) is 12.3 Å². The van der Waals surface area contributed by atoms with Gasteiger partial charge in [-0.3, -0.25) is 0 Å². The first-order valence-electron chi connectivity index (χ1n) is 12.6. The predicted molar refractivity (Wildman–Crippen MR) is 149 cm³/mol. The first-order chi connectivity index (χ1) is 17.8. The van der Waals surface area contributed by atoms with Crippen LogP contribution in [0.25, 0.3) is 10.8 Å². The number of nitrogens with one attached hydrogen (secondary N) is 2. The first-order valence-corrected chi connectivity index (χ1v) is 12.6. The molecular formula is C33H32N2O. The lowest BCUT2D eigenvalue weighted by Crippen LogP contribution is -2.29. The van der Waals surface area contributed by atoms with E-state index >= 15 is 0 Å². The van der Waals surface area contributed by atoms with Crippen molar-refractivity contribution >= 4 is 10.8 Å². The maximum absolute atomic E-state index is 11.1. The number of hydrogen-bond donors (Lipinski definition) is 3. The van der Waals surface area contributed by atoms with Gasteiger partial charge in [0.05, 0.1) is 0 Å². The van der Waals surface area contributed by atoms with Gasteiger partial charge in [0, 0.05) is 30.7 Å². The fraction of sp³-hybridized carbons (Fsp3) is 0.152. The number of phenolic OH excluding ortho intramolecular Hbond substituents is 1. The summed E-state index contributed by atoms with van der Waals surface area (Å²) in [5.41, 5.74) is 4.65. The largest absolute Gasteiger partial charge is 0.508 e. The molecule has 0 aromatic heterocycles. The molecule has 3 heteroatoms. The Kier molecular flexibility index (Phi) is 7.72. The van der Waals surface area contributed by atoms with E-state index in [9.17, 15) is 5.11 Å². The van der Waals surface area contributed by atoms with Crippen LogP contribution in [0.4, 0.5) is 0 Å². The smallest absolute Gasteiger partial charge is 0.120 e. The van der Waals surface area contributed by atoms with Gasteiger partial charge in [-0.15, -0.1) is 0 Å². The van der Waals surface area contributed by atoms with E-state index in [1.54, 1.807) is 0 Å². The third kappa shape index (κ3) is 5.83. The van der Waals surface area contributed by atoms with Gasteiger partial charge in [-0.05, 0) is 39.9 Å². The van der Waals surface area contributed by atoms with Crippen LogP contribution in [0, 0.1) is 0 Å². The van der Waals surface area contributed by atoms with Crippen LogP contribution in [-0.2, 0) is 13.1 Å². The number of rotatable bonds is 10.